The highest BCUT2D eigenvalue weighted by molar-refractivity contribution is 7.91. The first-order chi connectivity index (χ1) is 10.4. The van der Waals surface area contributed by atoms with E-state index < -0.39 is 19.9 Å². The Labute approximate surface area is 129 Å². The van der Waals surface area contributed by atoms with Gasteiger partial charge >= 0.3 is 0 Å². The van der Waals surface area contributed by atoms with Crippen molar-refractivity contribution in [3.8, 4) is 0 Å². The fourth-order valence-corrected chi connectivity index (χ4v) is 4.10. The van der Waals surface area contributed by atoms with Gasteiger partial charge in [0.2, 0.25) is 19.9 Å². The Hall–Kier alpha value is -1.74. The summed E-state index contributed by atoms with van der Waals surface area (Å²) < 4.78 is 50.6. The molecule has 0 aliphatic heterocycles. The summed E-state index contributed by atoms with van der Waals surface area (Å²) in [6, 6.07) is 12.8. The zero-order valence-electron chi connectivity index (χ0n) is 11.5. The molecule has 0 atom stereocenters. The quantitative estimate of drug-likeness (QED) is 0.809. The third-order valence-electron chi connectivity index (χ3n) is 2.90. The molecule has 0 aromatic heterocycles. The molecule has 2 N–H and O–H groups in total. The van der Waals surface area contributed by atoms with Crippen molar-refractivity contribution in [1.82, 2.24) is 4.72 Å². The van der Waals surface area contributed by atoms with E-state index in [2.05, 4.69) is 4.72 Å². The Morgan fingerprint density at radius 3 is 1.82 bits per heavy atom. The first-order valence-electron chi connectivity index (χ1n) is 6.38. The van der Waals surface area contributed by atoms with Crippen LogP contribution in [0.5, 0.6) is 0 Å². The second kappa shape index (κ2) is 6.57. The van der Waals surface area contributed by atoms with Crippen molar-refractivity contribution < 1.29 is 21.9 Å². The number of aliphatic hydroxyl groups excluding tert-OH is 1. The molecule has 0 fully saturated rings. The lowest BCUT2D eigenvalue weighted by Crippen LogP contribution is -2.26. The van der Waals surface area contributed by atoms with Crippen molar-refractivity contribution in [2.75, 3.05) is 13.2 Å². The standard InChI is InChI=1S/C14H15NO5S2/c16-11-10-15-22(19,20)14-8-6-13(7-9-14)21(17,18)12-4-2-1-3-5-12/h1-9,15-16H,10-11H2. The van der Waals surface area contributed by atoms with Crippen molar-refractivity contribution in [2.45, 2.75) is 14.7 Å². The second-order valence-corrected chi connectivity index (χ2v) is 8.13. The molecule has 6 nitrogen and oxygen atoms in total. The van der Waals surface area contributed by atoms with Crippen molar-refractivity contribution in [1.29, 1.82) is 0 Å². The molecule has 0 unspecified atom stereocenters. The van der Waals surface area contributed by atoms with E-state index in [-0.39, 0.29) is 27.8 Å². The zero-order chi connectivity index (χ0) is 16.2. The molecular formula is C14H15NO5S2. The van der Waals surface area contributed by atoms with Gasteiger partial charge in [0.25, 0.3) is 0 Å². The molecule has 8 heteroatoms. The Bertz CT molecular complexity index is 829. The minimum Gasteiger partial charge on any atom is -0.395 e. The fourth-order valence-electron chi connectivity index (χ4n) is 1.80. The van der Waals surface area contributed by atoms with Crippen LogP contribution >= 0.6 is 0 Å². The lowest BCUT2D eigenvalue weighted by molar-refractivity contribution is 0.301. The molecule has 0 saturated heterocycles. The number of sulfonamides is 1. The molecule has 0 bridgehead atoms. The summed E-state index contributed by atoms with van der Waals surface area (Å²) >= 11 is 0. The number of rotatable bonds is 6. The Morgan fingerprint density at radius 2 is 1.27 bits per heavy atom. The van der Waals surface area contributed by atoms with Crippen LogP contribution in [0.4, 0.5) is 0 Å². The smallest absolute Gasteiger partial charge is 0.240 e. The Balaban J connectivity index is 2.34. The van der Waals surface area contributed by atoms with Gasteiger partial charge in [0, 0.05) is 6.54 Å². The number of nitrogens with one attached hydrogen (secondary N) is 1. The van der Waals surface area contributed by atoms with Crippen molar-refractivity contribution >= 4 is 19.9 Å². The molecule has 118 valence electrons. The normalized spacial score (nSPS) is 12.2. The van der Waals surface area contributed by atoms with E-state index in [0.717, 1.165) is 0 Å². The van der Waals surface area contributed by atoms with Gasteiger partial charge in [-0.1, -0.05) is 18.2 Å². The van der Waals surface area contributed by atoms with Crippen LogP contribution in [0.25, 0.3) is 0 Å². The van der Waals surface area contributed by atoms with E-state index in [1.165, 1.54) is 36.4 Å². The molecule has 2 rings (SSSR count). The number of hydrogen-bond donors (Lipinski definition) is 2. The monoisotopic (exact) mass is 341 g/mol. The van der Waals surface area contributed by atoms with Crippen molar-refractivity contribution in [2.24, 2.45) is 0 Å². The van der Waals surface area contributed by atoms with Crippen molar-refractivity contribution in [3.05, 3.63) is 54.6 Å². The first kappa shape index (κ1) is 16.6. The second-order valence-electron chi connectivity index (χ2n) is 4.41. The van der Waals surface area contributed by atoms with E-state index in [1.807, 2.05) is 0 Å². The van der Waals surface area contributed by atoms with E-state index in [0.29, 0.717) is 0 Å². The molecule has 0 saturated carbocycles. The molecule has 0 amide bonds. The van der Waals surface area contributed by atoms with Gasteiger partial charge in [-0.25, -0.2) is 21.6 Å². The third-order valence-corrected chi connectivity index (χ3v) is 6.16. The number of aliphatic hydroxyl groups is 1. The van der Waals surface area contributed by atoms with Crippen LogP contribution in [0.15, 0.2) is 69.3 Å². The number of sulfone groups is 1. The summed E-state index contributed by atoms with van der Waals surface area (Å²) in [5, 5.41) is 8.65. The minimum absolute atomic E-state index is 0.0137. The lowest BCUT2D eigenvalue weighted by Gasteiger charge is -2.07. The molecule has 0 aliphatic rings. The van der Waals surface area contributed by atoms with Crippen LogP contribution in [0.1, 0.15) is 0 Å². The maximum Gasteiger partial charge on any atom is 0.240 e. The molecule has 0 radical (unpaired) electrons. The van der Waals surface area contributed by atoms with E-state index in [4.69, 9.17) is 5.11 Å². The maximum atomic E-state index is 12.4. The first-order valence-corrected chi connectivity index (χ1v) is 9.35. The molecule has 2 aromatic carbocycles. The Kier molecular flexibility index (Phi) is 4.97. The van der Waals surface area contributed by atoms with Crippen LogP contribution in [0.3, 0.4) is 0 Å². The predicted octanol–water partition coefficient (Wildman–Crippen LogP) is 0.790. The molecule has 0 aliphatic carbocycles. The molecule has 22 heavy (non-hydrogen) atoms. The summed E-state index contributed by atoms with van der Waals surface area (Å²) in [5.74, 6) is 0. The average molecular weight is 341 g/mol. The molecule has 0 spiro atoms. The van der Waals surface area contributed by atoms with Gasteiger partial charge in [-0.3, -0.25) is 0 Å². The SMILES string of the molecule is O=S(=O)(NCCO)c1ccc(S(=O)(=O)c2ccccc2)cc1. The van der Waals surface area contributed by atoms with Crippen LogP contribution in [0, 0.1) is 0 Å². The van der Waals surface area contributed by atoms with Gasteiger partial charge in [0.05, 0.1) is 21.3 Å². The third kappa shape index (κ3) is 3.53. The van der Waals surface area contributed by atoms with Gasteiger partial charge in [-0.2, -0.15) is 0 Å². The van der Waals surface area contributed by atoms with Crippen LogP contribution < -0.4 is 4.72 Å². The molecule has 0 heterocycles. The summed E-state index contributed by atoms with van der Waals surface area (Å²) in [6.07, 6.45) is 0. The van der Waals surface area contributed by atoms with Crippen LogP contribution in [-0.2, 0) is 19.9 Å². The summed E-state index contributed by atoms with van der Waals surface area (Å²) in [4.78, 5) is 0.0942. The average Bonchev–Trinajstić information content (AvgIpc) is 2.54. The fraction of sp³-hybridized carbons (Fsp3) is 0.143. The largest absolute Gasteiger partial charge is 0.395 e. The van der Waals surface area contributed by atoms with Gasteiger partial charge < -0.3 is 5.11 Å². The minimum atomic E-state index is -3.75. The maximum absolute atomic E-state index is 12.4. The zero-order valence-corrected chi connectivity index (χ0v) is 13.1. The van der Waals surface area contributed by atoms with Gasteiger partial charge in [0.1, 0.15) is 0 Å². The Morgan fingerprint density at radius 1 is 0.773 bits per heavy atom. The van der Waals surface area contributed by atoms with Crippen molar-refractivity contribution in [3.63, 3.8) is 0 Å². The van der Waals surface area contributed by atoms with Crippen LogP contribution in [-0.4, -0.2) is 35.1 Å². The number of benzene rings is 2. The van der Waals surface area contributed by atoms with Crippen LogP contribution in [0.2, 0.25) is 0 Å². The lowest BCUT2D eigenvalue weighted by atomic mass is 10.4. The summed E-state index contributed by atoms with van der Waals surface area (Å²) in [6.45, 7) is -0.425. The highest BCUT2D eigenvalue weighted by Crippen LogP contribution is 2.21. The van der Waals surface area contributed by atoms with E-state index in [1.54, 1.807) is 18.2 Å². The molecular weight excluding hydrogens is 326 g/mol. The van der Waals surface area contributed by atoms with Gasteiger partial charge in [-0.15, -0.1) is 0 Å². The van der Waals surface area contributed by atoms with E-state index >= 15 is 0 Å². The molecule has 2 aromatic rings. The summed E-state index contributed by atoms with van der Waals surface area (Å²) in [7, 11) is -7.43. The van der Waals surface area contributed by atoms with Gasteiger partial charge in [0.15, 0.2) is 0 Å². The van der Waals surface area contributed by atoms with E-state index in [9.17, 15) is 16.8 Å². The highest BCUT2D eigenvalue weighted by atomic mass is 32.2. The number of hydrogen-bond acceptors (Lipinski definition) is 5. The topological polar surface area (TPSA) is 101 Å². The summed E-state index contributed by atoms with van der Waals surface area (Å²) in [5.41, 5.74) is 0. The predicted molar refractivity (Wildman–Crippen MR) is 80.6 cm³/mol. The van der Waals surface area contributed by atoms with Gasteiger partial charge in [-0.05, 0) is 36.4 Å². The highest BCUT2D eigenvalue weighted by Gasteiger charge is 2.19.